The van der Waals surface area contributed by atoms with E-state index < -0.39 is 0 Å². The number of piperazine rings is 1. The minimum absolute atomic E-state index is 0.577. The number of nitrogens with one attached hydrogen (secondary N) is 2. The second-order valence-electron chi connectivity index (χ2n) is 5.26. The van der Waals surface area contributed by atoms with Crippen LogP contribution in [0.25, 0.3) is 0 Å². The fourth-order valence-corrected chi connectivity index (χ4v) is 2.44. The zero-order chi connectivity index (χ0) is 12.8. The summed E-state index contributed by atoms with van der Waals surface area (Å²) in [7, 11) is 0. The van der Waals surface area contributed by atoms with E-state index in [4.69, 9.17) is 0 Å². The van der Waals surface area contributed by atoms with Gasteiger partial charge in [0.15, 0.2) is 0 Å². The predicted octanol–water partition coefficient (Wildman–Crippen LogP) is 2.13. The molecule has 0 spiro atoms. The molecule has 0 amide bonds. The Morgan fingerprint density at radius 3 is 2.67 bits per heavy atom. The lowest BCUT2D eigenvalue weighted by molar-refractivity contribution is 0.249. The molecule has 2 rings (SSSR count). The molecule has 0 unspecified atom stereocenters. The lowest BCUT2D eigenvalue weighted by Crippen LogP contribution is -2.45. The molecule has 0 saturated carbocycles. The van der Waals surface area contributed by atoms with E-state index in [-0.39, 0.29) is 0 Å². The molecule has 1 heterocycles. The molecule has 2 N–H and O–H groups in total. The first-order valence-corrected chi connectivity index (χ1v) is 7.03. The molecule has 1 aromatic rings. The summed E-state index contributed by atoms with van der Waals surface area (Å²) in [6, 6.07) is 8.64. The summed E-state index contributed by atoms with van der Waals surface area (Å²) in [6.07, 6.45) is 0. The fraction of sp³-hybridized carbons (Fsp3) is 0.600. The monoisotopic (exact) mass is 247 g/mol. The van der Waals surface area contributed by atoms with Crippen LogP contribution in [0.2, 0.25) is 0 Å². The van der Waals surface area contributed by atoms with Gasteiger partial charge >= 0.3 is 0 Å². The number of rotatable bonds is 5. The summed E-state index contributed by atoms with van der Waals surface area (Å²) in [4.78, 5) is 2.52. The molecule has 1 aliphatic heterocycles. The van der Waals surface area contributed by atoms with Gasteiger partial charge < -0.3 is 10.6 Å². The van der Waals surface area contributed by atoms with Crippen molar-refractivity contribution in [3.05, 3.63) is 29.8 Å². The Balaban J connectivity index is 1.82. The first kappa shape index (κ1) is 13.4. The van der Waals surface area contributed by atoms with E-state index in [1.54, 1.807) is 0 Å². The highest BCUT2D eigenvalue weighted by atomic mass is 15.2. The van der Waals surface area contributed by atoms with Crippen LogP contribution in [0.15, 0.2) is 24.3 Å². The highest BCUT2D eigenvalue weighted by Crippen LogP contribution is 2.23. The molecule has 1 aliphatic rings. The molecule has 3 nitrogen and oxygen atoms in total. The summed E-state index contributed by atoms with van der Waals surface area (Å²) < 4.78 is 0. The Kier molecular flexibility index (Phi) is 5.02. The molecule has 0 aliphatic carbocycles. The summed E-state index contributed by atoms with van der Waals surface area (Å²) in [6.45, 7) is 11.3. The molecule has 18 heavy (non-hydrogen) atoms. The minimum atomic E-state index is 0.577. The third kappa shape index (κ3) is 3.72. The topological polar surface area (TPSA) is 27.3 Å². The van der Waals surface area contributed by atoms with Gasteiger partial charge in [0.2, 0.25) is 0 Å². The molecular formula is C15H25N3. The molecule has 1 saturated heterocycles. The van der Waals surface area contributed by atoms with E-state index in [1.165, 1.54) is 24.3 Å². The third-order valence-electron chi connectivity index (χ3n) is 3.54. The first-order chi connectivity index (χ1) is 8.77. The average Bonchev–Trinajstić information content (AvgIpc) is 2.40. The van der Waals surface area contributed by atoms with Crippen LogP contribution in [0.4, 0.5) is 5.69 Å². The lowest BCUT2D eigenvalue weighted by Gasteiger charge is -2.27. The van der Waals surface area contributed by atoms with Gasteiger partial charge in [0.1, 0.15) is 0 Å². The largest absolute Gasteiger partial charge is 0.384 e. The highest BCUT2D eigenvalue weighted by molar-refractivity contribution is 5.52. The molecule has 1 fully saturated rings. The van der Waals surface area contributed by atoms with Gasteiger partial charge in [-0.3, -0.25) is 4.90 Å². The maximum Gasteiger partial charge on any atom is 0.0375 e. The van der Waals surface area contributed by atoms with Crippen LogP contribution in [0.5, 0.6) is 0 Å². The van der Waals surface area contributed by atoms with Crippen molar-refractivity contribution < 1.29 is 0 Å². The Bertz CT molecular complexity index is 357. The maximum absolute atomic E-state index is 3.58. The zero-order valence-electron chi connectivity index (χ0n) is 11.6. The fourth-order valence-electron chi connectivity index (χ4n) is 2.44. The number of benzene rings is 1. The summed E-state index contributed by atoms with van der Waals surface area (Å²) >= 11 is 0. The second kappa shape index (κ2) is 6.76. The van der Waals surface area contributed by atoms with Gasteiger partial charge in [-0.05, 0) is 17.5 Å². The summed E-state index contributed by atoms with van der Waals surface area (Å²) in [5, 5.41) is 6.96. The maximum atomic E-state index is 3.58. The molecule has 3 heteroatoms. The van der Waals surface area contributed by atoms with E-state index in [1.807, 2.05) is 0 Å². The standard InChI is InChI=1S/C15H25N3/c1-13(2)14-5-3-4-6-15(14)17-9-12-18-10-7-16-8-11-18/h3-6,13,16-17H,7-12H2,1-2H3. The van der Waals surface area contributed by atoms with Crippen LogP contribution in [-0.2, 0) is 0 Å². The highest BCUT2D eigenvalue weighted by Gasteiger charge is 2.09. The van der Waals surface area contributed by atoms with Crippen LogP contribution in [-0.4, -0.2) is 44.2 Å². The van der Waals surface area contributed by atoms with Crippen molar-refractivity contribution in [3.63, 3.8) is 0 Å². The SMILES string of the molecule is CC(C)c1ccccc1NCCN1CCNCC1. The van der Waals surface area contributed by atoms with Crippen molar-refractivity contribution in [1.29, 1.82) is 0 Å². The van der Waals surface area contributed by atoms with E-state index in [9.17, 15) is 0 Å². The average molecular weight is 247 g/mol. The number of anilines is 1. The number of hydrogen-bond donors (Lipinski definition) is 2. The zero-order valence-corrected chi connectivity index (χ0v) is 11.6. The minimum Gasteiger partial charge on any atom is -0.384 e. The van der Waals surface area contributed by atoms with Gasteiger partial charge in [-0.15, -0.1) is 0 Å². The van der Waals surface area contributed by atoms with Crippen LogP contribution in [0.1, 0.15) is 25.3 Å². The van der Waals surface area contributed by atoms with E-state index in [0.29, 0.717) is 5.92 Å². The molecule has 0 radical (unpaired) electrons. The Labute approximate surface area is 111 Å². The summed E-state index contributed by atoms with van der Waals surface area (Å²) in [5.41, 5.74) is 2.71. The van der Waals surface area contributed by atoms with Crippen molar-refractivity contribution >= 4 is 5.69 Å². The van der Waals surface area contributed by atoms with E-state index in [2.05, 4.69) is 53.6 Å². The van der Waals surface area contributed by atoms with Gasteiger partial charge in [-0.1, -0.05) is 32.0 Å². The van der Waals surface area contributed by atoms with Crippen molar-refractivity contribution in [2.24, 2.45) is 0 Å². The summed E-state index contributed by atoms with van der Waals surface area (Å²) in [5.74, 6) is 0.577. The molecule has 0 atom stereocenters. The molecule has 0 aromatic heterocycles. The van der Waals surface area contributed by atoms with Gasteiger partial charge in [-0.2, -0.15) is 0 Å². The van der Waals surface area contributed by atoms with Crippen LogP contribution < -0.4 is 10.6 Å². The number of nitrogens with zero attached hydrogens (tertiary/aromatic N) is 1. The molecule has 0 bridgehead atoms. The van der Waals surface area contributed by atoms with Gasteiger partial charge in [0, 0.05) is 45.0 Å². The second-order valence-corrected chi connectivity index (χ2v) is 5.26. The smallest absolute Gasteiger partial charge is 0.0375 e. The van der Waals surface area contributed by atoms with Crippen molar-refractivity contribution in [3.8, 4) is 0 Å². The number of hydrogen-bond acceptors (Lipinski definition) is 3. The number of para-hydroxylation sites is 1. The van der Waals surface area contributed by atoms with Crippen molar-refractivity contribution in [2.45, 2.75) is 19.8 Å². The Morgan fingerprint density at radius 1 is 1.22 bits per heavy atom. The van der Waals surface area contributed by atoms with Crippen LogP contribution in [0.3, 0.4) is 0 Å². The van der Waals surface area contributed by atoms with Gasteiger partial charge in [-0.25, -0.2) is 0 Å². The first-order valence-electron chi connectivity index (χ1n) is 7.03. The normalized spacial score (nSPS) is 17.1. The quantitative estimate of drug-likeness (QED) is 0.834. The predicted molar refractivity (Wildman–Crippen MR) is 78.3 cm³/mol. The molecule has 1 aromatic carbocycles. The third-order valence-corrected chi connectivity index (χ3v) is 3.54. The van der Waals surface area contributed by atoms with E-state index >= 15 is 0 Å². The van der Waals surface area contributed by atoms with Gasteiger partial charge in [0.05, 0.1) is 0 Å². The van der Waals surface area contributed by atoms with E-state index in [0.717, 1.165) is 26.2 Å². The van der Waals surface area contributed by atoms with Crippen LogP contribution in [0, 0.1) is 0 Å². The van der Waals surface area contributed by atoms with Crippen molar-refractivity contribution in [2.75, 3.05) is 44.6 Å². The van der Waals surface area contributed by atoms with Gasteiger partial charge in [0.25, 0.3) is 0 Å². The molecule has 100 valence electrons. The van der Waals surface area contributed by atoms with Crippen molar-refractivity contribution in [1.82, 2.24) is 10.2 Å². The Hall–Kier alpha value is -1.06. The lowest BCUT2D eigenvalue weighted by atomic mass is 10.0. The van der Waals surface area contributed by atoms with Crippen LogP contribution >= 0.6 is 0 Å². The molecular weight excluding hydrogens is 222 g/mol. The Morgan fingerprint density at radius 2 is 1.94 bits per heavy atom.